The van der Waals surface area contributed by atoms with Crippen LogP contribution in [0.3, 0.4) is 0 Å². The molecule has 1 atom stereocenters. The second kappa shape index (κ2) is 5.49. The van der Waals surface area contributed by atoms with Crippen molar-refractivity contribution in [3.8, 4) is 0 Å². The summed E-state index contributed by atoms with van der Waals surface area (Å²) >= 11 is 1.78. The molecule has 1 unspecified atom stereocenters. The van der Waals surface area contributed by atoms with Gasteiger partial charge in [-0.3, -0.25) is 0 Å². The average molecular weight is 299 g/mol. The fraction of sp³-hybridized carbons (Fsp3) is 0.222. The maximum atomic E-state index is 13.9. The first-order valence-electron chi connectivity index (χ1n) is 7.07. The van der Waals surface area contributed by atoms with E-state index in [-0.39, 0.29) is 11.9 Å². The molecule has 0 fully saturated rings. The Kier molecular flexibility index (Phi) is 3.68. The van der Waals surface area contributed by atoms with Gasteiger partial charge in [-0.15, -0.1) is 11.3 Å². The number of halogens is 1. The lowest BCUT2D eigenvalue weighted by molar-refractivity contribution is 0.627. The van der Waals surface area contributed by atoms with E-state index in [2.05, 4.69) is 43.4 Å². The third-order valence-corrected chi connectivity index (χ3v) is 5.22. The Morgan fingerprint density at radius 3 is 2.62 bits per heavy atom. The van der Waals surface area contributed by atoms with Crippen LogP contribution in [0.5, 0.6) is 0 Å². The number of thiophene rings is 1. The zero-order valence-electron chi connectivity index (χ0n) is 12.4. The molecule has 3 rings (SSSR count). The van der Waals surface area contributed by atoms with Crippen molar-refractivity contribution >= 4 is 27.1 Å². The molecule has 2 aromatic carbocycles. The van der Waals surface area contributed by atoms with E-state index in [0.717, 1.165) is 5.56 Å². The maximum absolute atomic E-state index is 13.9. The first-order valence-corrected chi connectivity index (χ1v) is 7.88. The predicted octanol–water partition coefficient (Wildman–Crippen LogP) is 5.83. The van der Waals surface area contributed by atoms with Gasteiger partial charge in [-0.25, -0.2) is 4.39 Å². The lowest BCUT2D eigenvalue weighted by Crippen LogP contribution is -2.07. The topological polar surface area (TPSA) is 12.0 Å². The summed E-state index contributed by atoms with van der Waals surface area (Å²) in [6.45, 7) is 6.19. The zero-order valence-corrected chi connectivity index (χ0v) is 13.2. The number of hydrogen-bond acceptors (Lipinski definition) is 2. The molecule has 0 radical (unpaired) electrons. The van der Waals surface area contributed by atoms with Gasteiger partial charge in [0, 0.05) is 9.58 Å². The van der Waals surface area contributed by atoms with E-state index in [9.17, 15) is 4.39 Å². The van der Waals surface area contributed by atoms with Crippen molar-refractivity contribution < 1.29 is 4.39 Å². The molecule has 0 amide bonds. The third kappa shape index (κ3) is 2.66. The summed E-state index contributed by atoms with van der Waals surface area (Å²) in [6.07, 6.45) is 0. The van der Waals surface area contributed by atoms with E-state index < -0.39 is 0 Å². The van der Waals surface area contributed by atoms with Crippen LogP contribution in [0.4, 0.5) is 10.1 Å². The second-order valence-corrected chi connectivity index (χ2v) is 6.52. The molecule has 0 aliphatic heterocycles. The minimum absolute atomic E-state index is 0.0821. The predicted molar refractivity (Wildman–Crippen MR) is 89.7 cm³/mol. The molecule has 1 aromatic heterocycles. The highest BCUT2D eigenvalue weighted by Crippen LogP contribution is 2.36. The minimum Gasteiger partial charge on any atom is -0.375 e. The van der Waals surface area contributed by atoms with Gasteiger partial charge in [-0.2, -0.15) is 0 Å². The van der Waals surface area contributed by atoms with Crippen LogP contribution < -0.4 is 5.32 Å². The number of nitrogens with one attached hydrogen (secondary N) is 1. The van der Waals surface area contributed by atoms with Crippen LogP contribution in [-0.4, -0.2) is 0 Å². The molecule has 0 saturated heterocycles. The Morgan fingerprint density at radius 1 is 1.10 bits per heavy atom. The number of aryl methyl sites for hydroxylation is 2. The number of rotatable bonds is 3. The van der Waals surface area contributed by atoms with Crippen molar-refractivity contribution in [1.82, 2.24) is 0 Å². The monoisotopic (exact) mass is 299 g/mol. The van der Waals surface area contributed by atoms with Gasteiger partial charge in [-0.1, -0.05) is 24.3 Å². The Labute approximate surface area is 128 Å². The van der Waals surface area contributed by atoms with Gasteiger partial charge in [0.2, 0.25) is 0 Å². The molecule has 1 heterocycles. The lowest BCUT2D eigenvalue weighted by Gasteiger charge is -2.16. The molecule has 21 heavy (non-hydrogen) atoms. The number of fused-ring (bicyclic) bond motifs is 1. The van der Waals surface area contributed by atoms with Gasteiger partial charge in [0.05, 0.1) is 11.7 Å². The molecule has 0 bridgehead atoms. The molecule has 0 aliphatic carbocycles. The van der Waals surface area contributed by atoms with Crippen molar-refractivity contribution in [3.63, 3.8) is 0 Å². The van der Waals surface area contributed by atoms with Gasteiger partial charge in [-0.05, 0) is 55.5 Å². The summed E-state index contributed by atoms with van der Waals surface area (Å²) in [5.41, 5.74) is 2.90. The van der Waals surface area contributed by atoms with Crippen molar-refractivity contribution in [1.29, 1.82) is 0 Å². The summed E-state index contributed by atoms with van der Waals surface area (Å²) in [4.78, 5) is 1.26. The first-order chi connectivity index (χ1) is 10.1. The Balaban J connectivity index is 1.95. The standard InChI is InChI=1S/C18H18FNS/c1-11-8-9-15(19)16(10-11)20-13(3)18-12(2)14-6-4-5-7-17(14)21-18/h4-10,13,20H,1-3H3. The summed E-state index contributed by atoms with van der Waals surface area (Å²) in [5, 5.41) is 4.59. The van der Waals surface area contributed by atoms with Gasteiger partial charge in [0.1, 0.15) is 5.82 Å². The zero-order chi connectivity index (χ0) is 15.0. The summed E-state index contributed by atoms with van der Waals surface area (Å²) in [7, 11) is 0. The minimum atomic E-state index is -0.203. The largest absolute Gasteiger partial charge is 0.375 e. The maximum Gasteiger partial charge on any atom is 0.146 e. The average Bonchev–Trinajstić information content (AvgIpc) is 2.81. The highest BCUT2D eigenvalue weighted by molar-refractivity contribution is 7.19. The molecule has 108 valence electrons. The van der Waals surface area contributed by atoms with Crippen LogP contribution in [0.1, 0.15) is 29.0 Å². The smallest absolute Gasteiger partial charge is 0.146 e. The molecule has 0 saturated carbocycles. The molecule has 0 aliphatic rings. The summed E-state index contributed by atoms with van der Waals surface area (Å²) in [5.74, 6) is -0.203. The van der Waals surface area contributed by atoms with Crippen LogP contribution in [0.2, 0.25) is 0 Å². The van der Waals surface area contributed by atoms with Crippen LogP contribution in [0.15, 0.2) is 42.5 Å². The van der Waals surface area contributed by atoms with Crippen molar-refractivity contribution in [3.05, 3.63) is 64.3 Å². The lowest BCUT2D eigenvalue weighted by atomic mass is 10.1. The van der Waals surface area contributed by atoms with Crippen LogP contribution in [-0.2, 0) is 0 Å². The summed E-state index contributed by atoms with van der Waals surface area (Å²) in [6, 6.07) is 13.6. The quantitative estimate of drug-likeness (QED) is 0.641. The van der Waals surface area contributed by atoms with Gasteiger partial charge >= 0.3 is 0 Å². The molecule has 3 heteroatoms. The van der Waals surface area contributed by atoms with Crippen LogP contribution in [0.25, 0.3) is 10.1 Å². The Morgan fingerprint density at radius 2 is 1.86 bits per heavy atom. The summed E-state index contributed by atoms with van der Waals surface area (Å²) < 4.78 is 15.2. The van der Waals surface area contributed by atoms with Gasteiger partial charge in [0.15, 0.2) is 0 Å². The van der Waals surface area contributed by atoms with Gasteiger partial charge < -0.3 is 5.32 Å². The SMILES string of the molecule is Cc1ccc(F)c(NC(C)c2sc3ccccc3c2C)c1. The molecule has 0 spiro atoms. The number of anilines is 1. The van der Waals surface area contributed by atoms with E-state index in [1.165, 1.54) is 26.6 Å². The van der Waals surface area contributed by atoms with E-state index in [4.69, 9.17) is 0 Å². The second-order valence-electron chi connectivity index (χ2n) is 5.44. The molecule has 3 aromatic rings. The van der Waals surface area contributed by atoms with Crippen molar-refractivity contribution in [2.24, 2.45) is 0 Å². The molecular weight excluding hydrogens is 281 g/mol. The molecule has 1 nitrogen and oxygen atoms in total. The molecular formula is C18H18FNS. The van der Waals surface area contributed by atoms with E-state index in [1.807, 2.05) is 13.0 Å². The van der Waals surface area contributed by atoms with E-state index in [0.29, 0.717) is 5.69 Å². The first kappa shape index (κ1) is 14.1. The normalized spacial score (nSPS) is 12.6. The fourth-order valence-electron chi connectivity index (χ4n) is 2.65. The van der Waals surface area contributed by atoms with Crippen LogP contribution >= 0.6 is 11.3 Å². The van der Waals surface area contributed by atoms with E-state index in [1.54, 1.807) is 17.4 Å². The third-order valence-electron chi connectivity index (χ3n) is 3.77. The fourth-order valence-corrected chi connectivity index (χ4v) is 3.87. The van der Waals surface area contributed by atoms with Crippen LogP contribution in [0, 0.1) is 19.7 Å². The van der Waals surface area contributed by atoms with Crippen molar-refractivity contribution in [2.75, 3.05) is 5.32 Å². The Hall–Kier alpha value is -1.87. The Bertz CT molecular complexity index is 791. The molecule has 1 N–H and O–H groups in total. The van der Waals surface area contributed by atoms with Gasteiger partial charge in [0.25, 0.3) is 0 Å². The highest BCUT2D eigenvalue weighted by Gasteiger charge is 2.15. The van der Waals surface area contributed by atoms with Crippen molar-refractivity contribution in [2.45, 2.75) is 26.8 Å². The number of hydrogen-bond donors (Lipinski definition) is 1. The number of benzene rings is 2. The highest BCUT2D eigenvalue weighted by atomic mass is 32.1. The van der Waals surface area contributed by atoms with E-state index >= 15 is 0 Å².